The molecule has 1 aromatic carbocycles. The van der Waals surface area contributed by atoms with Gasteiger partial charge in [0.25, 0.3) is 0 Å². The number of rotatable bonds is 3. The fourth-order valence-corrected chi connectivity index (χ4v) is 3.52. The summed E-state index contributed by atoms with van der Waals surface area (Å²) in [7, 11) is 0. The van der Waals surface area contributed by atoms with E-state index >= 15 is 0 Å². The van der Waals surface area contributed by atoms with E-state index in [0.29, 0.717) is 6.04 Å². The van der Waals surface area contributed by atoms with Gasteiger partial charge in [-0.3, -0.25) is 0 Å². The van der Waals surface area contributed by atoms with Crippen LogP contribution in [0.4, 0.5) is 0 Å². The smallest absolute Gasteiger partial charge is 0.0721 e. The largest absolute Gasteiger partial charge is 0.375 e. The van der Waals surface area contributed by atoms with Crippen molar-refractivity contribution < 1.29 is 4.74 Å². The summed E-state index contributed by atoms with van der Waals surface area (Å²) < 4.78 is 5.67. The second-order valence-corrected chi connectivity index (χ2v) is 6.44. The van der Waals surface area contributed by atoms with Crippen LogP contribution in [0.5, 0.6) is 0 Å². The molecule has 1 unspecified atom stereocenters. The molecule has 1 aliphatic heterocycles. The average molecular weight is 273 g/mol. The molecule has 3 rings (SSSR count). The maximum Gasteiger partial charge on any atom is 0.0721 e. The molecule has 0 aliphatic carbocycles. The van der Waals surface area contributed by atoms with E-state index in [1.165, 1.54) is 26.4 Å². The molecule has 2 aromatic rings. The molecule has 19 heavy (non-hydrogen) atoms. The lowest BCUT2D eigenvalue weighted by Crippen LogP contribution is -2.29. The summed E-state index contributed by atoms with van der Waals surface area (Å²) in [5.74, 6) is 0. The fraction of sp³-hybridized carbons (Fsp3) is 0.375. The van der Waals surface area contributed by atoms with Crippen molar-refractivity contribution in [1.82, 2.24) is 5.32 Å². The van der Waals surface area contributed by atoms with Crippen LogP contribution in [0, 0.1) is 13.8 Å². The lowest BCUT2D eigenvalue weighted by atomic mass is 9.99. The first-order valence-electron chi connectivity index (χ1n) is 6.69. The molecule has 0 fully saturated rings. The number of nitrogens with one attached hydrogen (secondary N) is 1. The Hall–Kier alpha value is -1.16. The van der Waals surface area contributed by atoms with Gasteiger partial charge in [-0.1, -0.05) is 24.3 Å². The fourth-order valence-electron chi connectivity index (χ4n) is 2.51. The van der Waals surface area contributed by atoms with Crippen molar-refractivity contribution in [1.29, 1.82) is 0 Å². The van der Waals surface area contributed by atoms with E-state index in [4.69, 9.17) is 4.74 Å². The Kier molecular flexibility index (Phi) is 3.69. The molecule has 0 saturated carbocycles. The Morgan fingerprint density at radius 2 is 2.16 bits per heavy atom. The van der Waals surface area contributed by atoms with E-state index in [9.17, 15) is 0 Å². The van der Waals surface area contributed by atoms with Gasteiger partial charge in [0.1, 0.15) is 0 Å². The van der Waals surface area contributed by atoms with E-state index < -0.39 is 0 Å². The number of aryl methyl sites for hydroxylation is 2. The summed E-state index contributed by atoms with van der Waals surface area (Å²) >= 11 is 1.88. The Labute approximate surface area is 118 Å². The van der Waals surface area contributed by atoms with Gasteiger partial charge in [-0.25, -0.2) is 0 Å². The van der Waals surface area contributed by atoms with E-state index in [1.54, 1.807) is 0 Å². The number of ether oxygens (including phenoxy) is 1. The van der Waals surface area contributed by atoms with Crippen LogP contribution in [-0.2, 0) is 17.9 Å². The lowest BCUT2D eigenvalue weighted by molar-refractivity contribution is 0.0817. The third-order valence-electron chi connectivity index (χ3n) is 3.71. The SMILES string of the molecule is Cc1cc(CNC2COCc3ccccc32)sc1C. The van der Waals surface area contributed by atoms with Gasteiger partial charge in [0.2, 0.25) is 0 Å². The van der Waals surface area contributed by atoms with E-state index in [2.05, 4.69) is 49.5 Å². The number of fused-ring (bicyclic) bond motifs is 1. The van der Waals surface area contributed by atoms with Crippen molar-refractivity contribution in [2.45, 2.75) is 33.0 Å². The van der Waals surface area contributed by atoms with Gasteiger partial charge in [-0.2, -0.15) is 0 Å². The molecule has 1 aliphatic rings. The summed E-state index contributed by atoms with van der Waals surface area (Å²) in [6.07, 6.45) is 0. The zero-order chi connectivity index (χ0) is 13.2. The van der Waals surface area contributed by atoms with Crippen molar-refractivity contribution in [3.63, 3.8) is 0 Å². The highest BCUT2D eigenvalue weighted by Crippen LogP contribution is 2.26. The third-order valence-corrected chi connectivity index (χ3v) is 4.86. The van der Waals surface area contributed by atoms with Gasteiger partial charge < -0.3 is 10.1 Å². The first-order valence-corrected chi connectivity index (χ1v) is 7.50. The molecule has 1 aromatic heterocycles. The Bertz CT molecular complexity index is 556. The zero-order valence-corrected chi connectivity index (χ0v) is 12.2. The molecule has 0 radical (unpaired) electrons. The minimum absolute atomic E-state index is 0.313. The topological polar surface area (TPSA) is 21.3 Å². The van der Waals surface area contributed by atoms with Crippen molar-refractivity contribution in [2.24, 2.45) is 0 Å². The normalized spacial score (nSPS) is 18.3. The van der Waals surface area contributed by atoms with Crippen LogP contribution in [0.25, 0.3) is 0 Å². The summed E-state index contributed by atoms with van der Waals surface area (Å²) in [6.45, 7) is 6.78. The molecule has 2 heterocycles. The van der Waals surface area contributed by atoms with Crippen molar-refractivity contribution in [2.75, 3.05) is 6.61 Å². The van der Waals surface area contributed by atoms with E-state index in [0.717, 1.165) is 19.8 Å². The molecule has 100 valence electrons. The number of benzene rings is 1. The van der Waals surface area contributed by atoms with Crippen LogP contribution in [0.2, 0.25) is 0 Å². The minimum Gasteiger partial charge on any atom is -0.375 e. The van der Waals surface area contributed by atoms with Crippen molar-refractivity contribution in [3.8, 4) is 0 Å². The Balaban J connectivity index is 1.71. The van der Waals surface area contributed by atoms with Crippen LogP contribution < -0.4 is 5.32 Å². The highest BCUT2D eigenvalue weighted by atomic mass is 32.1. The zero-order valence-electron chi connectivity index (χ0n) is 11.4. The average Bonchev–Trinajstić information content (AvgIpc) is 2.75. The molecule has 0 amide bonds. The summed E-state index contributed by atoms with van der Waals surface area (Å²) in [6, 6.07) is 11.1. The predicted molar refractivity (Wildman–Crippen MR) is 79.5 cm³/mol. The van der Waals surface area contributed by atoms with Gasteiger partial charge in [-0.05, 0) is 36.6 Å². The molecular weight excluding hydrogens is 254 g/mol. The first kappa shape index (κ1) is 12.9. The molecular formula is C16H19NOS. The minimum atomic E-state index is 0.313. The van der Waals surface area contributed by atoms with Crippen LogP contribution in [0.3, 0.4) is 0 Å². The molecule has 0 bridgehead atoms. The molecule has 1 atom stereocenters. The van der Waals surface area contributed by atoms with Gasteiger partial charge in [0, 0.05) is 16.3 Å². The van der Waals surface area contributed by atoms with Gasteiger partial charge in [0.15, 0.2) is 0 Å². The standard InChI is InChI=1S/C16H19NOS/c1-11-7-14(19-12(11)2)8-17-16-10-18-9-13-5-3-4-6-15(13)16/h3-7,16-17H,8-10H2,1-2H3. The Morgan fingerprint density at radius 1 is 1.32 bits per heavy atom. The predicted octanol–water partition coefficient (Wildman–Crippen LogP) is 3.73. The van der Waals surface area contributed by atoms with Gasteiger partial charge >= 0.3 is 0 Å². The van der Waals surface area contributed by atoms with Crippen LogP contribution in [0.1, 0.15) is 32.5 Å². The molecule has 0 spiro atoms. The number of hydrogen-bond donors (Lipinski definition) is 1. The quantitative estimate of drug-likeness (QED) is 0.920. The Morgan fingerprint density at radius 3 is 2.95 bits per heavy atom. The van der Waals surface area contributed by atoms with Gasteiger partial charge in [0.05, 0.1) is 19.3 Å². The molecule has 2 nitrogen and oxygen atoms in total. The highest BCUT2D eigenvalue weighted by Gasteiger charge is 2.19. The molecule has 1 N–H and O–H groups in total. The maximum absolute atomic E-state index is 5.67. The molecule has 0 saturated heterocycles. The summed E-state index contributed by atoms with van der Waals surface area (Å²) in [5.41, 5.74) is 4.09. The summed E-state index contributed by atoms with van der Waals surface area (Å²) in [4.78, 5) is 2.81. The van der Waals surface area contributed by atoms with Crippen LogP contribution in [-0.4, -0.2) is 6.61 Å². The van der Waals surface area contributed by atoms with Crippen LogP contribution >= 0.6 is 11.3 Å². The lowest BCUT2D eigenvalue weighted by Gasteiger charge is -2.26. The summed E-state index contributed by atoms with van der Waals surface area (Å²) in [5, 5.41) is 3.62. The monoisotopic (exact) mass is 273 g/mol. The van der Waals surface area contributed by atoms with E-state index in [-0.39, 0.29) is 0 Å². The van der Waals surface area contributed by atoms with Crippen molar-refractivity contribution >= 4 is 11.3 Å². The highest BCUT2D eigenvalue weighted by molar-refractivity contribution is 7.12. The second-order valence-electron chi connectivity index (χ2n) is 5.10. The van der Waals surface area contributed by atoms with Gasteiger partial charge in [-0.15, -0.1) is 11.3 Å². The number of thiophene rings is 1. The van der Waals surface area contributed by atoms with Crippen LogP contribution in [0.15, 0.2) is 30.3 Å². The third kappa shape index (κ3) is 2.73. The molecule has 3 heteroatoms. The first-order chi connectivity index (χ1) is 9.24. The van der Waals surface area contributed by atoms with Crippen molar-refractivity contribution in [3.05, 3.63) is 56.8 Å². The number of hydrogen-bond acceptors (Lipinski definition) is 3. The second kappa shape index (κ2) is 5.45. The maximum atomic E-state index is 5.67. The van der Waals surface area contributed by atoms with E-state index in [1.807, 2.05) is 11.3 Å².